The van der Waals surface area contributed by atoms with Crippen LogP contribution in [0.25, 0.3) is 0 Å². The molecule has 0 spiro atoms. The normalized spacial score (nSPS) is 19.6. The van der Waals surface area contributed by atoms with Crippen molar-refractivity contribution in [3.63, 3.8) is 0 Å². The molecule has 3 heterocycles. The number of hydrogen-bond acceptors (Lipinski definition) is 4. The summed E-state index contributed by atoms with van der Waals surface area (Å²) in [6.45, 7) is 4.63. The fourth-order valence-corrected chi connectivity index (χ4v) is 3.73. The maximum atomic E-state index is 12.9. The molecule has 6 heteroatoms. The van der Waals surface area contributed by atoms with E-state index >= 15 is 0 Å². The lowest BCUT2D eigenvalue weighted by atomic mass is 10.1. The molecule has 4 rings (SSSR count). The number of rotatable bonds is 6. The molecule has 0 aliphatic carbocycles. The summed E-state index contributed by atoms with van der Waals surface area (Å²) in [4.78, 5) is 27.5. The molecule has 2 saturated heterocycles. The molecule has 148 valence electrons. The minimum Gasteiger partial charge on any atom is -0.376 e. The molecule has 2 aliphatic heterocycles. The molecule has 1 atom stereocenters. The lowest BCUT2D eigenvalue weighted by molar-refractivity contribution is -0.0504. The van der Waals surface area contributed by atoms with E-state index in [1.165, 1.54) is 0 Å². The van der Waals surface area contributed by atoms with Gasteiger partial charge >= 0.3 is 0 Å². The number of carbonyl (C=O) groups is 1. The van der Waals surface area contributed by atoms with Crippen LogP contribution in [0.3, 0.4) is 0 Å². The number of hydrogen-bond donors (Lipinski definition) is 0. The lowest BCUT2D eigenvalue weighted by Gasteiger charge is -2.39. The van der Waals surface area contributed by atoms with E-state index in [1.807, 2.05) is 43.3 Å². The molecule has 2 aliphatic rings. The van der Waals surface area contributed by atoms with Crippen molar-refractivity contribution >= 4 is 5.91 Å². The molecule has 28 heavy (non-hydrogen) atoms. The van der Waals surface area contributed by atoms with Crippen molar-refractivity contribution in [3.05, 3.63) is 69.6 Å². The summed E-state index contributed by atoms with van der Waals surface area (Å²) in [5.74, 6) is -0.205. The standard InChI is InChI=1S/C22H26N2O4/c1-16-9-10-23(12-18-8-5-11-27-18)21(25)20(16)22(26)24-13-19(14-24)28-15-17-6-3-2-4-7-17/h2-4,6-7,9-10,18-19H,5,8,11-15H2,1H3. The summed E-state index contributed by atoms with van der Waals surface area (Å²) in [6, 6.07) is 11.8. The van der Waals surface area contributed by atoms with Gasteiger partial charge in [0.25, 0.3) is 11.5 Å². The van der Waals surface area contributed by atoms with Crippen LogP contribution in [-0.2, 0) is 22.6 Å². The van der Waals surface area contributed by atoms with Crippen molar-refractivity contribution in [2.75, 3.05) is 19.7 Å². The van der Waals surface area contributed by atoms with Crippen molar-refractivity contribution in [3.8, 4) is 0 Å². The van der Waals surface area contributed by atoms with Gasteiger partial charge in [-0.3, -0.25) is 9.59 Å². The molecule has 1 aromatic carbocycles. The van der Waals surface area contributed by atoms with Gasteiger partial charge in [-0.25, -0.2) is 0 Å². The van der Waals surface area contributed by atoms with Gasteiger partial charge in [0.2, 0.25) is 0 Å². The van der Waals surface area contributed by atoms with Crippen molar-refractivity contribution in [2.45, 2.75) is 45.1 Å². The van der Waals surface area contributed by atoms with E-state index in [2.05, 4.69) is 0 Å². The predicted octanol–water partition coefficient (Wildman–Crippen LogP) is 2.38. The highest BCUT2D eigenvalue weighted by atomic mass is 16.5. The summed E-state index contributed by atoms with van der Waals surface area (Å²) in [5, 5.41) is 0. The van der Waals surface area contributed by atoms with Gasteiger partial charge in [0.1, 0.15) is 5.56 Å². The minimum atomic E-state index is -0.228. The Morgan fingerprint density at radius 1 is 1.21 bits per heavy atom. The number of aryl methyl sites for hydroxylation is 1. The average Bonchev–Trinajstić information content (AvgIpc) is 3.17. The third kappa shape index (κ3) is 4.03. The third-order valence-corrected chi connectivity index (χ3v) is 5.48. The summed E-state index contributed by atoms with van der Waals surface area (Å²) >= 11 is 0. The Kier molecular flexibility index (Phi) is 5.59. The predicted molar refractivity (Wildman–Crippen MR) is 105 cm³/mol. The molecule has 0 bridgehead atoms. The monoisotopic (exact) mass is 382 g/mol. The van der Waals surface area contributed by atoms with Crippen molar-refractivity contribution in [1.82, 2.24) is 9.47 Å². The first-order valence-electron chi connectivity index (χ1n) is 9.88. The van der Waals surface area contributed by atoms with E-state index in [0.29, 0.717) is 31.8 Å². The van der Waals surface area contributed by atoms with E-state index < -0.39 is 0 Å². The number of aromatic nitrogens is 1. The SMILES string of the molecule is Cc1ccn(CC2CCCO2)c(=O)c1C(=O)N1CC(OCc2ccccc2)C1. The highest BCUT2D eigenvalue weighted by Gasteiger charge is 2.34. The van der Waals surface area contributed by atoms with E-state index in [9.17, 15) is 9.59 Å². The Morgan fingerprint density at radius 3 is 2.71 bits per heavy atom. The van der Waals surface area contributed by atoms with Crippen LogP contribution < -0.4 is 5.56 Å². The number of benzene rings is 1. The minimum absolute atomic E-state index is 0.0160. The molecule has 0 N–H and O–H groups in total. The van der Waals surface area contributed by atoms with Crippen LogP contribution in [0.15, 0.2) is 47.4 Å². The zero-order valence-electron chi connectivity index (χ0n) is 16.2. The first kappa shape index (κ1) is 18.9. The summed E-state index contributed by atoms with van der Waals surface area (Å²) < 4.78 is 13.1. The lowest BCUT2D eigenvalue weighted by Crippen LogP contribution is -2.55. The average molecular weight is 382 g/mol. The Balaban J connectivity index is 1.37. The third-order valence-electron chi connectivity index (χ3n) is 5.48. The van der Waals surface area contributed by atoms with Gasteiger partial charge in [-0.15, -0.1) is 0 Å². The van der Waals surface area contributed by atoms with Crippen LogP contribution in [0.4, 0.5) is 0 Å². The second kappa shape index (κ2) is 8.29. The first-order valence-corrected chi connectivity index (χ1v) is 9.88. The van der Waals surface area contributed by atoms with Crippen molar-refractivity contribution in [1.29, 1.82) is 0 Å². The van der Waals surface area contributed by atoms with E-state index in [4.69, 9.17) is 9.47 Å². The molecule has 6 nitrogen and oxygen atoms in total. The summed E-state index contributed by atoms with van der Waals surface area (Å²) in [5.41, 5.74) is 1.87. The quantitative estimate of drug-likeness (QED) is 0.770. The number of nitrogens with zero attached hydrogens (tertiary/aromatic N) is 2. The summed E-state index contributed by atoms with van der Waals surface area (Å²) in [6.07, 6.45) is 3.81. The maximum Gasteiger partial charge on any atom is 0.263 e. The number of pyridine rings is 1. The highest BCUT2D eigenvalue weighted by molar-refractivity contribution is 5.95. The number of likely N-dealkylation sites (tertiary alicyclic amines) is 1. The second-order valence-electron chi connectivity index (χ2n) is 7.60. The number of amides is 1. The largest absolute Gasteiger partial charge is 0.376 e. The smallest absolute Gasteiger partial charge is 0.263 e. The van der Waals surface area contributed by atoms with Gasteiger partial charge in [-0.05, 0) is 37.0 Å². The molecular formula is C22H26N2O4. The Hall–Kier alpha value is -2.44. The molecule has 0 radical (unpaired) electrons. The molecule has 1 aromatic heterocycles. The Morgan fingerprint density at radius 2 is 2.00 bits per heavy atom. The molecule has 1 amide bonds. The van der Waals surface area contributed by atoms with Crippen LogP contribution in [0.1, 0.15) is 34.3 Å². The van der Waals surface area contributed by atoms with E-state index in [1.54, 1.807) is 15.7 Å². The van der Waals surface area contributed by atoms with Gasteiger partial charge < -0.3 is 18.9 Å². The van der Waals surface area contributed by atoms with E-state index in [-0.39, 0.29) is 29.2 Å². The van der Waals surface area contributed by atoms with Crippen LogP contribution in [0.5, 0.6) is 0 Å². The van der Waals surface area contributed by atoms with Gasteiger partial charge in [0.05, 0.1) is 25.4 Å². The summed E-state index contributed by atoms with van der Waals surface area (Å²) in [7, 11) is 0. The number of carbonyl (C=O) groups excluding carboxylic acids is 1. The highest BCUT2D eigenvalue weighted by Crippen LogP contribution is 2.18. The molecule has 0 saturated carbocycles. The molecular weight excluding hydrogens is 356 g/mol. The second-order valence-corrected chi connectivity index (χ2v) is 7.60. The molecule has 2 aromatic rings. The van der Waals surface area contributed by atoms with Gasteiger partial charge in [-0.2, -0.15) is 0 Å². The Labute approximate surface area is 164 Å². The van der Waals surface area contributed by atoms with Crippen LogP contribution >= 0.6 is 0 Å². The van der Waals surface area contributed by atoms with E-state index in [0.717, 1.165) is 25.0 Å². The van der Waals surface area contributed by atoms with Gasteiger partial charge in [-0.1, -0.05) is 30.3 Å². The van der Waals surface area contributed by atoms with Crippen LogP contribution in [-0.4, -0.2) is 47.3 Å². The number of ether oxygens (including phenoxy) is 2. The van der Waals surface area contributed by atoms with Gasteiger partial charge in [0, 0.05) is 25.9 Å². The van der Waals surface area contributed by atoms with Crippen LogP contribution in [0, 0.1) is 6.92 Å². The Bertz CT molecular complexity index is 881. The first-order chi connectivity index (χ1) is 13.6. The van der Waals surface area contributed by atoms with Gasteiger partial charge in [0.15, 0.2) is 0 Å². The van der Waals surface area contributed by atoms with Crippen molar-refractivity contribution in [2.24, 2.45) is 0 Å². The molecule has 2 fully saturated rings. The zero-order chi connectivity index (χ0) is 19.5. The fraction of sp³-hybridized carbons (Fsp3) is 0.455. The molecule has 1 unspecified atom stereocenters. The van der Waals surface area contributed by atoms with Crippen molar-refractivity contribution < 1.29 is 14.3 Å². The fourth-order valence-electron chi connectivity index (χ4n) is 3.73. The van der Waals surface area contributed by atoms with Crippen LogP contribution in [0.2, 0.25) is 0 Å². The maximum absolute atomic E-state index is 12.9. The topological polar surface area (TPSA) is 60.8 Å². The zero-order valence-corrected chi connectivity index (χ0v) is 16.2.